The van der Waals surface area contributed by atoms with Gasteiger partial charge in [-0.3, -0.25) is 0 Å². The second-order valence-electron chi connectivity index (χ2n) is 6.70. The molecule has 2 heteroatoms. The van der Waals surface area contributed by atoms with Gasteiger partial charge in [0, 0.05) is 12.1 Å². The highest BCUT2D eigenvalue weighted by Gasteiger charge is 2.12. The van der Waals surface area contributed by atoms with Gasteiger partial charge in [0.05, 0.1) is 0 Å². The van der Waals surface area contributed by atoms with Crippen LogP contribution >= 0.6 is 0 Å². The largest absolute Gasteiger partial charge is 0.507 e. The molecule has 1 N–H and O–H groups in total. The molecule has 0 aliphatic carbocycles. The third-order valence-corrected chi connectivity index (χ3v) is 3.09. The monoisotopic (exact) mass is 263 g/mol. The van der Waals surface area contributed by atoms with Crippen LogP contribution in [0.15, 0.2) is 12.1 Å². The van der Waals surface area contributed by atoms with Crippen molar-refractivity contribution in [1.29, 1.82) is 0 Å². The molecule has 2 nitrogen and oxygen atoms in total. The zero-order valence-corrected chi connectivity index (χ0v) is 13.3. The van der Waals surface area contributed by atoms with E-state index in [1.54, 1.807) is 0 Å². The summed E-state index contributed by atoms with van der Waals surface area (Å²) in [6.07, 6.45) is 2.02. The molecule has 0 aliphatic rings. The first-order valence-electron chi connectivity index (χ1n) is 7.28. The fourth-order valence-electron chi connectivity index (χ4n) is 2.48. The Bertz CT molecular complexity index is 377. The summed E-state index contributed by atoms with van der Waals surface area (Å²) in [4.78, 5) is 2.10. The summed E-state index contributed by atoms with van der Waals surface area (Å²) in [5.41, 5.74) is 3.50. The number of hydrogen-bond donors (Lipinski definition) is 1. The lowest BCUT2D eigenvalue weighted by atomic mass is 9.93. The molecular weight excluding hydrogens is 234 g/mol. The molecule has 0 saturated heterocycles. The van der Waals surface area contributed by atoms with Gasteiger partial charge in [0.25, 0.3) is 0 Å². The first kappa shape index (κ1) is 16.0. The lowest BCUT2D eigenvalue weighted by Crippen LogP contribution is -2.12. The zero-order chi connectivity index (χ0) is 14.6. The van der Waals surface area contributed by atoms with E-state index in [-0.39, 0.29) is 0 Å². The van der Waals surface area contributed by atoms with E-state index in [1.807, 2.05) is 14.1 Å². The Labute approximate surface area is 118 Å². The van der Waals surface area contributed by atoms with E-state index in [4.69, 9.17) is 0 Å². The van der Waals surface area contributed by atoms with Gasteiger partial charge in [-0.25, -0.2) is 0 Å². The standard InChI is InChI=1S/C17H29NO/c1-12(2)7-14-9-15(8-13(3)4)17(19)16(10-14)11-18(5)6/h9-10,12-13,19H,7-8,11H2,1-6H3. The molecule has 0 saturated carbocycles. The third kappa shape index (κ3) is 5.23. The van der Waals surface area contributed by atoms with Crippen molar-refractivity contribution in [2.24, 2.45) is 11.8 Å². The number of hydrogen-bond acceptors (Lipinski definition) is 2. The average molecular weight is 263 g/mol. The summed E-state index contributed by atoms with van der Waals surface area (Å²) in [6.45, 7) is 9.66. The van der Waals surface area contributed by atoms with Crippen LogP contribution in [-0.2, 0) is 19.4 Å². The number of aromatic hydroxyl groups is 1. The van der Waals surface area contributed by atoms with Gasteiger partial charge >= 0.3 is 0 Å². The van der Waals surface area contributed by atoms with Crippen LogP contribution < -0.4 is 0 Å². The number of phenols is 1. The molecular formula is C17H29NO. The van der Waals surface area contributed by atoms with Gasteiger partial charge in [-0.1, -0.05) is 39.8 Å². The maximum atomic E-state index is 10.4. The predicted molar refractivity (Wildman–Crippen MR) is 82.6 cm³/mol. The molecule has 0 aliphatic heterocycles. The van der Waals surface area contributed by atoms with E-state index in [1.165, 1.54) is 5.56 Å². The Morgan fingerprint density at radius 1 is 0.947 bits per heavy atom. The molecule has 0 aromatic heterocycles. The van der Waals surface area contributed by atoms with Crippen LogP contribution in [0.1, 0.15) is 44.4 Å². The van der Waals surface area contributed by atoms with Gasteiger partial charge in [-0.15, -0.1) is 0 Å². The minimum Gasteiger partial charge on any atom is -0.507 e. The lowest BCUT2D eigenvalue weighted by molar-refractivity contribution is 0.383. The predicted octanol–water partition coefficient (Wildman–Crippen LogP) is 3.85. The first-order chi connectivity index (χ1) is 8.79. The van der Waals surface area contributed by atoms with E-state index >= 15 is 0 Å². The van der Waals surface area contributed by atoms with E-state index in [2.05, 4.69) is 44.7 Å². The van der Waals surface area contributed by atoms with Crippen LogP contribution in [0, 0.1) is 11.8 Å². The fourth-order valence-corrected chi connectivity index (χ4v) is 2.48. The summed E-state index contributed by atoms with van der Waals surface area (Å²) in [5.74, 6) is 1.70. The summed E-state index contributed by atoms with van der Waals surface area (Å²) < 4.78 is 0. The Kier molecular flexibility index (Phi) is 5.86. The molecule has 0 bridgehead atoms. The van der Waals surface area contributed by atoms with Crippen LogP contribution in [0.5, 0.6) is 5.75 Å². The van der Waals surface area contributed by atoms with Crippen LogP contribution in [0.3, 0.4) is 0 Å². The van der Waals surface area contributed by atoms with Crippen molar-refractivity contribution in [2.75, 3.05) is 14.1 Å². The second-order valence-corrected chi connectivity index (χ2v) is 6.70. The number of nitrogens with zero attached hydrogens (tertiary/aromatic N) is 1. The number of rotatable bonds is 6. The average Bonchev–Trinajstić information content (AvgIpc) is 2.22. The van der Waals surface area contributed by atoms with Crippen molar-refractivity contribution in [3.8, 4) is 5.75 Å². The van der Waals surface area contributed by atoms with Gasteiger partial charge < -0.3 is 10.0 Å². The van der Waals surface area contributed by atoms with Crippen molar-refractivity contribution in [1.82, 2.24) is 4.90 Å². The molecule has 0 heterocycles. The highest BCUT2D eigenvalue weighted by Crippen LogP contribution is 2.28. The van der Waals surface area contributed by atoms with Crippen LogP contribution in [0.2, 0.25) is 0 Å². The van der Waals surface area contributed by atoms with Gasteiger partial charge in [0.2, 0.25) is 0 Å². The molecule has 0 spiro atoms. The van der Waals surface area contributed by atoms with E-state index < -0.39 is 0 Å². The lowest BCUT2D eigenvalue weighted by Gasteiger charge is -2.18. The Morgan fingerprint density at radius 2 is 1.47 bits per heavy atom. The summed E-state index contributed by atoms with van der Waals surface area (Å²) >= 11 is 0. The highest BCUT2D eigenvalue weighted by molar-refractivity contribution is 5.44. The van der Waals surface area contributed by atoms with E-state index in [9.17, 15) is 5.11 Å². The van der Waals surface area contributed by atoms with Crippen molar-refractivity contribution >= 4 is 0 Å². The Balaban J connectivity index is 3.13. The maximum Gasteiger partial charge on any atom is 0.123 e. The van der Waals surface area contributed by atoms with Gasteiger partial charge in [-0.2, -0.15) is 0 Å². The molecule has 0 atom stereocenters. The maximum absolute atomic E-state index is 10.4. The SMILES string of the molecule is CC(C)Cc1cc(CC(C)C)c(O)c(CN(C)C)c1. The van der Waals surface area contributed by atoms with E-state index in [0.717, 1.165) is 30.5 Å². The summed E-state index contributed by atoms with van der Waals surface area (Å²) in [5, 5.41) is 10.4. The molecule has 19 heavy (non-hydrogen) atoms. The molecule has 0 fully saturated rings. The number of phenolic OH excluding ortho intramolecular Hbond substituents is 1. The van der Waals surface area contributed by atoms with Gasteiger partial charge in [0.1, 0.15) is 5.75 Å². The quantitative estimate of drug-likeness (QED) is 0.842. The van der Waals surface area contributed by atoms with Crippen molar-refractivity contribution in [3.05, 3.63) is 28.8 Å². The van der Waals surface area contributed by atoms with Crippen LogP contribution in [-0.4, -0.2) is 24.1 Å². The van der Waals surface area contributed by atoms with Gasteiger partial charge in [-0.05, 0) is 49.9 Å². The van der Waals surface area contributed by atoms with Crippen molar-refractivity contribution in [3.63, 3.8) is 0 Å². The topological polar surface area (TPSA) is 23.5 Å². The minimum absolute atomic E-state index is 0.495. The Hall–Kier alpha value is -1.02. The molecule has 1 rings (SSSR count). The fraction of sp³-hybridized carbons (Fsp3) is 0.647. The zero-order valence-electron chi connectivity index (χ0n) is 13.3. The third-order valence-electron chi connectivity index (χ3n) is 3.09. The van der Waals surface area contributed by atoms with E-state index in [0.29, 0.717) is 17.6 Å². The Morgan fingerprint density at radius 3 is 1.95 bits per heavy atom. The second kappa shape index (κ2) is 6.95. The molecule has 108 valence electrons. The molecule has 1 aromatic carbocycles. The summed E-state index contributed by atoms with van der Waals surface area (Å²) in [7, 11) is 4.08. The molecule has 1 aromatic rings. The van der Waals surface area contributed by atoms with Crippen LogP contribution in [0.4, 0.5) is 0 Å². The molecule has 0 amide bonds. The normalized spacial score (nSPS) is 11.8. The van der Waals surface area contributed by atoms with Gasteiger partial charge in [0.15, 0.2) is 0 Å². The number of benzene rings is 1. The van der Waals surface area contributed by atoms with Crippen molar-refractivity contribution in [2.45, 2.75) is 47.1 Å². The molecule has 0 unspecified atom stereocenters. The minimum atomic E-state index is 0.495. The highest BCUT2D eigenvalue weighted by atomic mass is 16.3. The van der Waals surface area contributed by atoms with Crippen molar-refractivity contribution < 1.29 is 5.11 Å². The first-order valence-corrected chi connectivity index (χ1v) is 7.28. The van der Waals surface area contributed by atoms with Crippen LogP contribution in [0.25, 0.3) is 0 Å². The summed E-state index contributed by atoms with van der Waals surface area (Å²) in [6, 6.07) is 4.35. The smallest absolute Gasteiger partial charge is 0.123 e. The molecule has 0 radical (unpaired) electrons.